The number of carbonyl (C=O) groups excluding carboxylic acids is 1. The summed E-state index contributed by atoms with van der Waals surface area (Å²) in [5, 5.41) is 16.2. The van der Waals surface area contributed by atoms with Gasteiger partial charge in [0.2, 0.25) is 0 Å². The van der Waals surface area contributed by atoms with Crippen molar-refractivity contribution in [2.45, 2.75) is 20.3 Å². The van der Waals surface area contributed by atoms with Gasteiger partial charge in [0.15, 0.2) is 6.29 Å². The molecule has 2 aromatic carbocycles. The van der Waals surface area contributed by atoms with Crippen molar-refractivity contribution in [2.24, 2.45) is 0 Å². The Balaban J connectivity index is 0.000000383. The van der Waals surface area contributed by atoms with Gasteiger partial charge in [-0.05, 0) is 68.5 Å². The van der Waals surface area contributed by atoms with Crippen LogP contribution in [0.4, 0.5) is 15.9 Å². The molecule has 3 N–H and O–H groups in total. The van der Waals surface area contributed by atoms with E-state index in [0.29, 0.717) is 23.5 Å². The second-order valence-corrected chi connectivity index (χ2v) is 8.95. The average molecular weight is 541 g/mol. The summed E-state index contributed by atoms with van der Waals surface area (Å²) in [5.41, 5.74) is 3.42. The molecule has 0 unspecified atom stereocenters. The van der Waals surface area contributed by atoms with Gasteiger partial charge in [-0.3, -0.25) is 4.79 Å². The average Bonchev–Trinajstić information content (AvgIpc) is 3.35. The van der Waals surface area contributed by atoms with Gasteiger partial charge >= 0.3 is 0 Å². The quantitative estimate of drug-likeness (QED) is 0.234. The van der Waals surface area contributed by atoms with Crippen LogP contribution in [0.5, 0.6) is 0 Å². The molecule has 4 aromatic rings. The molecule has 4 rings (SSSR count). The van der Waals surface area contributed by atoms with Crippen molar-refractivity contribution in [2.75, 3.05) is 45.2 Å². The lowest BCUT2D eigenvalue weighted by Crippen LogP contribution is -2.30. The first-order valence-corrected chi connectivity index (χ1v) is 12.9. The van der Waals surface area contributed by atoms with Crippen LogP contribution in [0.3, 0.4) is 0 Å². The largest absolute Gasteiger partial charge is 0.396 e. The highest BCUT2D eigenvalue weighted by atomic mass is 35.5. The summed E-state index contributed by atoms with van der Waals surface area (Å²) in [7, 11) is 1.99. The molecule has 0 spiro atoms. The Bertz CT molecular complexity index is 1340. The summed E-state index contributed by atoms with van der Waals surface area (Å²) < 4.78 is 15.2. The van der Waals surface area contributed by atoms with E-state index in [-0.39, 0.29) is 11.6 Å². The number of fused-ring (bicyclic) bond motifs is 1. The highest BCUT2D eigenvalue weighted by molar-refractivity contribution is 6.31. The van der Waals surface area contributed by atoms with Gasteiger partial charge in [0.1, 0.15) is 18.0 Å². The molecule has 2 heterocycles. The summed E-state index contributed by atoms with van der Waals surface area (Å²) in [6, 6.07) is 9.95. The van der Waals surface area contributed by atoms with Gasteiger partial charge in [-0.1, -0.05) is 25.4 Å². The molecule has 0 radical (unpaired) electrons. The molecule has 202 valence electrons. The first-order valence-electron chi connectivity index (χ1n) is 12.5. The van der Waals surface area contributed by atoms with Crippen LogP contribution < -0.4 is 10.6 Å². The van der Waals surface area contributed by atoms with Crippen LogP contribution in [0.15, 0.2) is 55.1 Å². The number of aliphatic hydroxyl groups excluding tert-OH is 1. The van der Waals surface area contributed by atoms with Gasteiger partial charge in [0.25, 0.3) is 0 Å². The molecular formula is C28H34ClFN6O2. The number of hydrogen-bond donors (Lipinski definition) is 3. The van der Waals surface area contributed by atoms with E-state index in [9.17, 15) is 14.3 Å². The molecule has 0 bridgehead atoms. The van der Waals surface area contributed by atoms with E-state index in [1.54, 1.807) is 12.3 Å². The third-order valence-electron chi connectivity index (χ3n) is 6.12. The SMILES string of the molecule is CCN(CC)CCNC.O=Cc1cn(-c2ccc3ncnc(Nc4ccc(F)c(Cl)c4)c3c2)cc1CCO. The molecule has 10 heteroatoms. The van der Waals surface area contributed by atoms with Crippen molar-refractivity contribution in [1.29, 1.82) is 0 Å². The fourth-order valence-corrected chi connectivity index (χ4v) is 4.10. The lowest BCUT2D eigenvalue weighted by molar-refractivity contribution is 0.112. The number of aliphatic hydroxyl groups is 1. The number of likely N-dealkylation sites (N-methyl/N-ethyl adjacent to an activating group) is 2. The molecule has 0 amide bonds. The molecule has 0 saturated carbocycles. The molecule has 0 atom stereocenters. The number of benzene rings is 2. The fraction of sp³-hybridized carbons (Fsp3) is 0.321. The smallest absolute Gasteiger partial charge is 0.151 e. The Morgan fingerprint density at radius 1 is 1.13 bits per heavy atom. The molecule has 0 fully saturated rings. The first kappa shape index (κ1) is 29.2. The van der Waals surface area contributed by atoms with Gasteiger partial charge in [-0.25, -0.2) is 14.4 Å². The Labute approximate surface area is 227 Å². The highest BCUT2D eigenvalue weighted by Gasteiger charge is 2.11. The number of hydrogen-bond acceptors (Lipinski definition) is 7. The van der Waals surface area contributed by atoms with Gasteiger partial charge in [-0.2, -0.15) is 0 Å². The van der Waals surface area contributed by atoms with Gasteiger partial charge in [0.05, 0.1) is 10.5 Å². The summed E-state index contributed by atoms with van der Waals surface area (Å²) in [5.74, 6) is 0.0437. The maximum Gasteiger partial charge on any atom is 0.151 e. The number of nitrogens with one attached hydrogen (secondary N) is 2. The number of aromatic nitrogens is 3. The summed E-state index contributed by atoms with van der Waals surface area (Å²) in [4.78, 5) is 22.3. The van der Waals surface area contributed by atoms with Crippen LogP contribution in [-0.2, 0) is 6.42 Å². The second kappa shape index (κ2) is 14.5. The Kier molecular flexibility index (Phi) is 11.2. The van der Waals surface area contributed by atoms with E-state index in [1.165, 1.54) is 25.0 Å². The minimum atomic E-state index is -0.496. The number of halogens is 2. The van der Waals surface area contributed by atoms with Crippen molar-refractivity contribution in [3.63, 3.8) is 0 Å². The monoisotopic (exact) mass is 540 g/mol. The predicted octanol–water partition coefficient (Wildman–Crippen LogP) is 4.85. The highest BCUT2D eigenvalue weighted by Crippen LogP contribution is 2.28. The van der Waals surface area contributed by atoms with Crippen molar-refractivity contribution < 1.29 is 14.3 Å². The van der Waals surface area contributed by atoms with Gasteiger partial charge < -0.3 is 25.2 Å². The van der Waals surface area contributed by atoms with Crippen molar-refractivity contribution in [3.8, 4) is 5.69 Å². The van der Waals surface area contributed by atoms with Crippen LogP contribution >= 0.6 is 11.6 Å². The van der Waals surface area contributed by atoms with Gasteiger partial charge in [0, 0.05) is 54.4 Å². The molecule has 0 aliphatic rings. The minimum absolute atomic E-state index is 0.0131. The maximum atomic E-state index is 13.4. The summed E-state index contributed by atoms with van der Waals surface area (Å²) in [6.45, 7) is 8.95. The van der Waals surface area contributed by atoms with Crippen LogP contribution in [0.25, 0.3) is 16.6 Å². The minimum Gasteiger partial charge on any atom is -0.396 e. The molecule has 38 heavy (non-hydrogen) atoms. The molecular weight excluding hydrogens is 507 g/mol. The predicted molar refractivity (Wildman–Crippen MR) is 151 cm³/mol. The zero-order valence-electron chi connectivity index (χ0n) is 21.9. The lowest BCUT2D eigenvalue weighted by Gasteiger charge is -2.16. The number of aldehydes is 1. The van der Waals surface area contributed by atoms with E-state index in [2.05, 4.69) is 39.3 Å². The maximum absolute atomic E-state index is 13.4. The molecule has 2 aromatic heterocycles. The third kappa shape index (κ3) is 7.58. The van der Waals surface area contributed by atoms with E-state index < -0.39 is 5.82 Å². The van der Waals surface area contributed by atoms with Crippen molar-refractivity contribution in [3.05, 3.63) is 77.1 Å². The zero-order chi connectivity index (χ0) is 27.5. The standard InChI is InChI=1S/C21H16ClFN4O2.C7H18N2/c22-18-7-15(1-3-19(18)23)26-21-17-8-16(2-4-20(17)24-12-25-21)27-9-13(5-6-28)14(10-27)11-29;1-4-9(5-2)7-6-8-3/h1-4,7-12,28H,5-6H2,(H,24,25,26);8H,4-7H2,1-3H3. The van der Waals surface area contributed by atoms with E-state index in [1.807, 2.05) is 36.0 Å². The van der Waals surface area contributed by atoms with E-state index >= 15 is 0 Å². The Hall–Kier alpha value is -3.37. The van der Waals surface area contributed by atoms with E-state index in [4.69, 9.17) is 11.6 Å². The van der Waals surface area contributed by atoms with Crippen molar-refractivity contribution in [1.82, 2.24) is 24.8 Å². The number of carbonyl (C=O) groups is 1. The Morgan fingerprint density at radius 3 is 2.58 bits per heavy atom. The first-order chi connectivity index (χ1) is 18.4. The van der Waals surface area contributed by atoms with Crippen molar-refractivity contribution >= 4 is 40.3 Å². The topological polar surface area (TPSA) is 95.3 Å². The summed E-state index contributed by atoms with van der Waals surface area (Å²) in [6.07, 6.45) is 6.15. The number of nitrogens with zero attached hydrogens (tertiary/aromatic N) is 4. The molecule has 0 aliphatic heterocycles. The number of rotatable bonds is 11. The second-order valence-electron chi connectivity index (χ2n) is 8.55. The van der Waals surface area contributed by atoms with Crippen LogP contribution in [0.1, 0.15) is 29.8 Å². The molecule has 0 aliphatic carbocycles. The zero-order valence-corrected chi connectivity index (χ0v) is 22.7. The van der Waals surface area contributed by atoms with Gasteiger partial charge in [-0.15, -0.1) is 0 Å². The lowest BCUT2D eigenvalue weighted by atomic mass is 10.2. The Morgan fingerprint density at radius 2 is 1.92 bits per heavy atom. The number of anilines is 2. The van der Waals surface area contributed by atoms with Crippen LogP contribution in [0, 0.1) is 5.82 Å². The van der Waals surface area contributed by atoms with Crippen LogP contribution in [-0.4, -0.2) is 70.7 Å². The molecule has 0 saturated heterocycles. The summed E-state index contributed by atoms with van der Waals surface area (Å²) >= 11 is 5.86. The third-order valence-corrected chi connectivity index (χ3v) is 6.41. The van der Waals surface area contributed by atoms with Crippen LogP contribution in [0.2, 0.25) is 5.02 Å². The normalized spacial score (nSPS) is 10.9. The van der Waals surface area contributed by atoms with E-state index in [0.717, 1.165) is 48.1 Å². The fourth-order valence-electron chi connectivity index (χ4n) is 3.92. The molecule has 8 nitrogen and oxygen atoms in total.